The number of hydrogen-bond donors (Lipinski definition) is 2. The van der Waals surface area contributed by atoms with Gasteiger partial charge in [-0.05, 0) is 12.8 Å². The number of nitro benzene ring substituents is 1. The minimum Gasteiger partial charge on any atom is -0.371 e. The number of nitrogens with zero attached hydrogens (tertiary/aromatic N) is 1. The molecule has 1 atom stereocenters. The van der Waals surface area contributed by atoms with Gasteiger partial charge < -0.3 is 10.6 Å². The van der Waals surface area contributed by atoms with E-state index in [-0.39, 0.29) is 21.6 Å². The van der Waals surface area contributed by atoms with Crippen LogP contribution in [-0.4, -0.2) is 23.4 Å². The molecule has 0 bridgehead atoms. The summed E-state index contributed by atoms with van der Waals surface area (Å²) in [6.45, 7) is 0.652. The number of halogens is 2. The number of piperidine rings is 1. The fraction of sp³-hybridized carbons (Fsp3) is 0.364. The number of carbonyl (C=O) groups is 1. The summed E-state index contributed by atoms with van der Waals surface area (Å²) in [5, 5.41) is 16.6. The molecule has 0 saturated carbocycles. The van der Waals surface area contributed by atoms with Gasteiger partial charge in [-0.1, -0.05) is 23.2 Å². The number of carbonyl (C=O) groups excluding carboxylic acids is 1. The van der Waals surface area contributed by atoms with E-state index in [1.54, 1.807) is 0 Å². The van der Waals surface area contributed by atoms with Crippen molar-refractivity contribution in [1.82, 2.24) is 5.32 Å². The molecule has 2 N–H and O–H groups in total. The largest absolute Gasteiger partial charge is 0.371 e. The van der Waals surface area contributed by atoms with Crippen molar-refractivity contribution in [1.29, 1.82) is 0 Å². The molecule has 1 saturated heterocycles. The fourth-order valence-electron chi connectivity index (χ4n) is 1.89. The number of nitro groups is 1. The molecular weight excluding hydrogens is 293 g/mol. The summed E-state index contributed by atoms with van der Waals surface area (Å²) in [6, 6.07) is 1.98. The molecule has 0 radical (unpaired) electrons. The average Bonchev–Trinajstić information content (AvgIpc) is 2.35. The van der Waals surface area contributed by atoms with E-state index in [2.05, 4.69) is 10.6 Å². The smallest absolute Gasteiger partial charge is 0.272 e. The van der Waals surface area contributed by atoms with Crippen molar-refractivity contribution in [3.8, 4) is 0 Å². The van der Waals surface area contributed by atoms with Crippen LogP contribution in [0.2, 0.25) is 10.0 Å². The molecule has 0 aromatic heterocycles. The van der Waals surface area contributed by atoms with Crippen molar-refractivity contribution >= 4 is 40.5 Å². The van der Waals surface area contributed by atoms with Crippen molar-refractivity contribution in [3.63, 3.8) is 0 Å². The van der Waals surface area contributed by atoms with Crippen molar-refractivity contribution in [2.75, 3.05) is 11.9 Å². The van der Waals surface area contributed by atoms with Gasteiger partial charge >= 0.3 is 0 Å². The molecule has 102 valence electrons. The third-order valence-electron chi connectivity index (χ3n) is 2.84. The van der Waals surface area contributed by atoms with E-state index in [0.717, 1.165) is 6.42 Å². The van der Waals surface area contributed by atoms with Gasteiger partial charge in [0.15, 0.2) is 0 Å². The monoisotopic (exact) mass is 303 g/mol. The highest BCUT2D eigenvalue weighted by atomic mass is 35.5. The van der Waals surface area contributed by atoms with Crippen LogP contribution in [0.15, 0.2) is 12.1 Å². The Kier molecular flexibility index (Phi) is 4.11. The standard InChI is InChI=1S/C11H11Cl2N3O3/c12-7-4-6(16(18)19)5-8(13)10(7)15-9-2-1-3-14-11(9)17/h4-5,9,15H,1-3H2,(H,14,17). The van der Waals surface area contributed by atoms with Gasteiger partial charge in [-0.15, -0.1) is 0 Å². The molecule has 1 aliphatic heterocycles. The van der Waals surface area contributed by atoms with Gasteiger partial charge in [0.25, 0.3) is 5.69 Å². The van der Waals surface area contributed by atoms with Gasteiger partial charge in [0, 0.05) is 18.7 Å². The van der Waals surface area contributed by atoms with E-state index >= 15 is 0 Å². The molecule has 1 amide bonds. The minimum absolute atomic E-state index is 0.123. The Morgan fingerprint density at radius 1 is 1.37 bits per heavy atom. The highest BCUT2D eigenvalue weighted by molar-refractivity contribution is 6.39. The second kappa shape index (κ2) is 5.63. The van der Waals surface area contributed by atoms with E-state index < -0.39 is 11.0 Å². The van der Waals surface area contributed by atoms with Gasteiger partial charge in [0.2, 0.25) is 5.91 Å². The highest BCUT2D eigenvalue weighted by Gasteiger charge is 2.24. The maximum atomic E-state index is 11.6. The van der Waals surface area contributed by atoms with Crippen LogP contribution in [0, 0.1) is 10.1 Å². The highest BCUT2D eigenvalue weighted by Crippen LogP contribution is 2.35. The van der Waals surface area contributed by atoms with E-state index in [4.69, 9.17) is 23.2 Å². The molecule has 1 aliphatic rings. The van der Waals surface area contributed by atoms with Gasteiger partial charge in [-0.25, -0.2) is 0 Å². The molecule has 1 unspecified atom stereocenters. The van der Waals surface area contributed by atoms with Crippen LogP contribution in [0.3, 0.4) is 0 Å². The lowest BCUT2D eigenvalue weighted by Crippen LogP contribution is -2.44. The maximum absolute atomic E-state index is 11.6. The van der Waals surface area contributed by atoms with Crippen LogP contribution < -0.4 is 10.6 Å². The Hall–Kier alpha value is -1.53. The summed E-state index contributed by atoms with van der Waals surface area (Å²) in [6.07, 6.45) is 1.51. The number of non-ortho nitro benzene ring substituents is 1. The second-order valence-corrected chi connectivity index (χ2v) is 4.99. The van der Waals surface area contributed by atoms with Crippen molar-refractivity contribution in [3.05, 3.63) is 32.3 Å². The molecule has 0 aliphatic carbocycles. The van der Waals surface area contributed by atoms with Crippen molar-refractivity contribution in [2.24, 2.45) is 0 Å². The topological polar surface area (TPSA) is 84.3 Å². The third-order valence-corrected chi connectivity index (χ3v) is 3.44. The first-order valence-electron chi connectivity index (χ1n) is 5.66. The summed E-state index contributed by atoms with van der Waals surface area (Å²) in [4.78, 5) is 21.7. The number of rotatable bonds is 3. The van der Waals surface area contributed by atoms with Crippen LogP contribution in [0.25, 0.3) is 0 Å². The Morgan fingerprint density at radius 3 is 2.53 bits per heavy atom. The summed E-state index contributed by atoms with van der Waals surface area (Å²) in [5.41, 5.74) is 0.157. The SMILES string of the molecule is O=C1NCCCC1Nc1c(Cl)cc([N+](=O)[O-])cc1Cl. The number of nitrogens with one attached hydrogen (secondary N) is 2. The van der Waals surface area contributed by atoms with Gasteiger partial charge in [0.1, 0.15) is 6.04 Å². The Morgan fingerprint density at radius 2 is 2.00 bits per heavy atom. The van der Waals surface area contributed by atoms with Crippen LogP contribution in [0.1, 0.15) is 12.8 Å². The molecule has 6 nitrogen and oxygen atoms in total. The normalized spacial score (nSPS) is 18.8. The number of benzene rings is 1. The molecule has 1 heterocycles. The number of amides is 1. The maximum Gasteiger partial charge on any atom is 0.272 e. The summed E-state index contributed by atoms with van der Waals surface area (Å²) in [7, 11) is 0. The zero-order valence-corrected chi connectivity index (χ0v) is 11.3. The minimum atomic E-state index is -0.575. The average molecular weight is 304 g/mol. The van der Waals surface area contributed by atoms with Crippen LogP contribution in [0.4, 0.5) is 11.4 Å². The lowest BCUT2D eigenvalue weighted by Gasteiger charge is -2.24. The molecule has 1 aromatic carbocycles. The third kappa shape index (κ3) is 3.08. The van der Waals surface area contributed by atoms with Gasteiger partial charge in [-0.3, -0.25) is 14.9 Å². The molecular formula is C11H11Cl2N3O3. The molecule has 1 fully saturated rings. The molecule has 2 rings (SSSR count). The lowest BCUT2D eigenvalue weighted by atomic mass is 10.1. The van der Waals surface area contributed by atoms with Gasteiger partial charge in [0.05, 0.1) is 20.7 Å². The van der Waals surface area contributed by atoms with E-state index in [1.165, 1.54) is 12.1 Å². The summed E-state index contributed by atoms with van der Waals surface area (Å²) >= 11 is 11.9. The Bertz CT molecular complexity index is 513. The first kappa shape index (κ1) is 13.9. The molecule has 8 heteroatoms. The van der Waals surface area contributed by atoms with E-state index in [0.29, 0.717) is 18.7 Å². The fourth-order valence-corrected chi connectivity index (χ4v) is 2.47. The van der Waals surface area contributed by atoms with Crippen LogP contribution in [-0.2, 0) is 4.79 Å². The van der Waals surface area contributed by atoms with E-state index in [9.17, 15) is 14.9 Å². The Balaban J connectivity index is 2.25. The summed E-state index contributed by atoms with van der Waals surface area (Å²) < 4.78 is 0. The Labute approximate surface area is 119 Å². The second-order valence-electron chi connectivity index (χ2n) is 4.17. The quantitative estimate of drug-likeness (QED) is 0.664. The van der Waals surface area contributed by atoms with Crippen molar-refractivity contribution in [2.45, 2.75) is 18.9 Å². The molecule has 1 aromatic rings. The summed E-state index contributed by atoms with van der Waals surface area (Å²) in [5.74, 6) is -0.128. The lowest BCUT2D eigenvalue weighted by molar-refractivity contribution is -0.384. The zero-order chi connectivity index (χ0) is 14.0. The van der Waals surface area contributed by atoms with E-state index in [1.807, 2.05) is 0 Å². The van der Waals surface area contributed by atoms with Crippen LogP contribution in [0.5, 0.6) is 0 Å². The predicted molar refractivity (Wildman–Crippen MR) is 72.8 cm³/mol. The molecule has 19 heavy (non-hydrogen) atoms. The van der Waals surface area contributed by atoms with Crippen molar-refractivity contribution < 1.29 is 9.72 Å². The number of hydrogen-bond acceptors (Lipinski definition) is 4. The zero-order valence-electron chi connectivity index (χ0n) is 9.78. The molecule has 0 spiro atoms. The predicted octanol–water partition coefficient (Wildman–Crippen LogP) is 2.59. The first-order chi connectivity index (χ1) is 8.99. The number of anilines is 1. The van der Waals surface area contributed by atoms with Crippen LogP contribution >= 0.6 is 23.2 Å². The first-order valence-corrected chi connectivity index (χ1v) is 6.42. The van der Waals surface area contributed by atoms with Gasteiger partial charge in [-0.2, -0.15) is 0 Å².